The molecular weight excluding hydrogens is 332 g/mol. The summed E-state index contributed by atoms with van der Waals surface area (Å²) in [4.78, 5) is 18.4. The monoisotopic (exact) mass is 348 g/mol. The van der Waals surface area contributed by atoms with E-state index < -0.39 is 0 Å². The van der Waals surface area contributed by atoms with E-state index in [4.69, 9.17) is 0 Å². The number of hydrogen-bond donors (Lipinski definition) is 1. The molecule has 0 saturated carbocycles. The first kappa shape index (κ1) is 15.7. The zero-order valence-electron chi connectivity index (χ0n) is 11.7. The minimum absolute atomic E-state index is 0.0170. The van der Waals surface area contributed by atoms with Crippen molar-refractivity contribution in [2.24, 2.45) is 0 Å². The summed E-state index contributed by atoms with van der Waals surface area (Å²) in [5, 5.41) is 9.28. The van der Waals surface area contributed by atoms with E-state index >= 15 is 0 Å². The number of aliphatic hydroxyl groups is 1. The number of pyridine rings is 1. The highest BCUT2D eigenvalue weighted by molar-refractivity contribution is 9.10. The molecule has 0 aliphatic rings. The maximum Gasteiger partial charge on any atom is 0.272 e. The summed E-state index contributed by atoms with van der Waals surface area (Å²) in [7, 11) is 1.73. The highest BCUT2D eigenvalue weighted by Gasteiger charge is 2.23. The topological polar surface area (TPSA) is 53.4 Å². The Morgan fingerprint density at radius 3 is 2.57 bits per heavy atom. The molecule has 0 fully saturated rings. The molecule has 1 atom stereocenters. The maximum atomic E-state index is 12.5. The number of carbonyl (C=O) groups excluding carboxylic acids is 1. The van der Waals surface area contributed by atoms with Crippen molar-refractivity contribution in [3.8, 4) is 0 Å². The van der Waals surface area contributed by atoms with E-state index in [1.165, 1.54) is 0 Å². The number of hydrogen-bond acceptors (Lipinski definition) is 3. The third-order valence-electron chi connectivity index (χ3n) is 3.31. The van der Waals surface area contributed by atoms with Gasteiger partial charge in [0.1, 0.15) is 10.3 Å². The van der Waals surface area contributed by atoms with E-state index in [0.29, 0.717) is 16.7 Å². The summed E-state index contributed by atoms with van der Waals surface area (Å²) in [5.41, 5.74) is 1.38. The van der Waals surface area contributed by atoms with Crippen LogP contribution in [-0.2, 0) is 0 Å². The van der Waals surface area contributed by atoms with Gasteiger partial charge in [-0.05, 0) is 40.0 Å². The van der Waals surface area contributed by atoms with Crippen LogP contribution in [0, 0.1) is 0 Å². The summed E-state index contributed by atoms with van der Waals surface area (Å²) in [6.45, 7) is 0.0170. The molecule has 1 N–H and O–H groups in total. The normalized spacial score (nSPS) is 12.0. The molecule has 0 bridgehead atoms. The number of nitrogens with zero attached hydrogens (tertiary/aromatic N) is 2. The molecule has 1 amide bonds. The van der Waals surface area contributed by atoms with Crippen LogP contribution in [0.25, 0.3) is 0 Å². The maximum absolute atomic E-state index is 12.5. The molecule has 2 rings (SSSR count). The van der Waals surface area contributed by atoms with Gasteiger partial charge in [0.2, 0.25) is 0 Å². The average molecular weight is 349 g/mol. The molecule has 1 unspecified atom stereocenters. The van der Waals surface area contributed by atoms with Gasteiger partial charge in [-0.25, -0.2) is 4.98 Å². The molecule has 110 valence electrons. The standard InChI is InChI=1S/C16H17BrN2O2/c1-19(16(21)13-8-5-9-15(17)18-13)14(10-11-20)12-6-3-2-4-7-12/h2-9,14,20H,10-11H2,1H3. The van der Waals surface area contributed by atoms with Crippen molar-refractivity contribution >= 4 is 21.8 Å². The van der Waals surface area contributed by atoms with Gasteiger partial charge >= 0.3 is 0 Å². The van der Waals surface area contributed by atoms with Crippen LogP contribution in [0.15, 0.2) is 53.1 Å². The van der Waals surface area contributed by atoms with Gasteiger partial charge in [0.15, 0.2) is 0 Å². The Morgan fingerprint density at radius 2 is 1.95 bits per heavy atom. The molecule has 1 heterocycles. The molecule has 1 aromatic heterocycles. The van der Waals surface area contributed by atoms with Gasteiger partial charge in [0, 0.05) is 13.7 Å². The van der Waals surface area contributed by atoms with Gasteiger partial charge in [-0.15, -0.1) is 0 Å². The molecule has 0 radical (unpaired) electrons. The van der Waals surface area contributed by atoms with Crippen molar-refractivity contribution in [2.45, 2.75) is 12.5 Å². The molecular formula is C16H17BrN2O2. The van der Waals surface area contributed by atoms with Crippen molar-refractivity contribution in [2.75, 3.05) is 13.7 Å². The minimum Gasteiger partial charge on any atom is -0.396 e. The van der Waals surface area contributed by atoms with Gasteiger partial charge in [0.25, 0.3) is 5.91 Å². The number of aliphatic hydroxyl groups excluding tert-OH is 1. The number of rotatable bonds is 5. The van der Waals surface area contributed by atoms with Crippen molar-refractivity contribution in [3.05, 3.63) is 64.4 Å². The third kappa shape index (κ3) is 3.89. The Kier molecular flexibility index (Phi) is 5.47. The Hall–Kier alpha value is -1.72. The van der Waals surface area contributed by atoms with E-state index in [1.807, 2.05) is 30.3 Å². The Balaban J connectivity index is 2.26. The highest BCUT2D eigenvalue weighted by Crippen LogP contribution is 2.24. The van der Waals surface area contributed by atoms with Gasteiger partial charge in [-0.2, -0.15) is 0 Å². The van der Waals surface area contributed by atoms with E-state index in [0.717, 1.165) is 5.56 Å². The smallest absolute Gasteiger partial charge is 0.272 e. The second kappa shape index (κ2) is 7.33. The predicted molar refractivity (Wildman–Crippen MR) is 84.9 cm³/mol. The average Bonchev–Trinajstić information content (AvgIpc) is 2.52. The Labute approximate surface area is 132 Å². The number of amides is 1. The minimum atomic E-state index is -0.176. The lowest BCUT2D eigenvalue weighted by Gasteiger charge is -2.28. The summed E-state index contributed by atoms with van der Waals surface area (Å²) < 4.78 is 0.625. The van der Waals surface area contributed by atoms with E-state index in [2.05, 4.69) is 20.9 Å². The predicted octanol–water partition coefficient (Wildman–Crippen LogP) is 3.04. The van der Waals surface area contributed by atoms with Gasteiger partial charge < -0.3 is 10.0 Å². The van der Waals surface area contributed by atoms with Crippen LogP contribution < -0.4 is 0 Å². The van der Waals surface area contributed by atoms with Crippen molar-refractivity contribution < 1.29 is 9.90 Å². The second-order valence-corrected chi connectivity index (χ2v) is 5.51. The summed E-state index contributed by atoms with van der Waals surface area (Å²) in [5.74, 6) is -0.168. The quantitative estimate of drug-likeness (QED) is 0.845. The molecule has 1 aromatic carbocycles. The third-order valence-corrected chi connectivity index (χ3v) is 3.75. The van der Waals surface area contributed by atoms with Crippen molar-refractivity contribution in [3.63, 3.8) is 0 Å². The number of halogens is 1. The molecule has 0 spiro atoms. The first-order valence-electron chi connectivity index (χ1n) is 6.69. The lowest BCUT2D eigenvalue weighted by atomic mass is 10.0. The SMILES string of the molecule is CN(C(=O)c1cccc(Br)n1)C(CCO)c1ccccc1. The van der Waals surface area contributed by atoms with Crippen LogP contribution in [0.1, 0.15) is 28.5 Å². The van der Waals surface area contributed by atoms with Crippen LogP contribution in [0.2, 0.25) is 0 Å². The molecule has 0 aliphatic heterocycles. The van der Waals surface area contributed by atoms with Crippen LogP contribution in [0.3, 0.4) is 0 Å². The molecule has 4 nitrogen and oxygen atoms in total. The van der Waals surface area contributed by atoms with E-state index in [-0.39, 0.29) is 18.6 Å². The number of carbonyl (C=O) groups is 1. The van der Waals surface area contributed by atoms with Gasteiger partial charge in [-0.3, -0.25) is 4.79 Å². The number of aromatic nitrogens is 1. The summed E-state index contributed by atoms with van der Waals surface area (Å²) >= 11 is 3.27. The lowest BCUT2D eigenvalue weighted by Crippen LogP contribution is -2.32. The van der Waals surface area contributed by atoms with Gasteiger partial charge in [0.05, 0.1) is 6.04 Å². The van der Waals surface area contributed by atoms with Gasteiger partial charge in [-0.1, -0.05) is 36.4 Å². The van der Waals surface area contributed by atoms with Crippen molar-refractivity contribution in [1.29, 1.82) is 0 Å². The van der Waals surface area contributed by atoms with E-state index in [1.54, 1.807) is 30.1 Å². The van der Waals surface area contributed by atoms with Crippen LogP contribution >= 0.6 is 15.9 Å². The second-order valence-electron chi connectivity index (χ2n) is 4.70. The summed E-state index contributed by atoms with van der Waals surface area (Å²) in [6, 6.07) is 14.8. The molecule has 21 heavy (non-hydrogen) atoms. The molecule has 0 aliphatic carbocycles. The fourth-order valence-electron chi connectivity index (χ4n) is 2.23. The molecule has 2 aromatic rings. The molecule has 0 saturated heterocycles. The lowest BCUT2D eigenvalue weighted by molar-refractivity contribution is 0.0699. The first-order valence-corrected chi connectivity index (χ1v) is 7.48. The zero-order chi connectivity index (χ0) is 15.2. The largest absolute Gasteiger partial charge is 0.396 e. The zero-order valence-corrected chi connectivity index (χ0v) is 13.3. The van der Waals surface area contributed by atoms with E-state index in [9.17, 15) is 9.90 Å². The number of benzene rings is 1. The summed E-state index contributed by atoms with van der Waals surface area (Å²) in [6.07, 6.45) is 0.486. The van der Waals surface area contributed by atoms with Crippen molar-refractivity contribution in [1.82, 2.24) is 9.88 Å². The fraction of sp³-hybridized carbons (Fsp3) is 0.250. The van der Waals surface area contributed by atoms with Crippen LogP contribution in [0.5, 0.6) is 0 Å². The Morgan fingerprint density at radius 1 is 1.24 bits per heavy atom. The van der Waals surface area contributed by atoms with Crippen LogP contribution in [-0.4, -0.2) is 34.6 Å². The van der Waals surface area contributed by atoms with Crippen LogP contribution in [0.4, 0.5) is 0 Å². The first-order chi connectivity index (χ1) is 10.1. The Bertz CT molecular complexity index is 604. The molecule has 5 heteroatoms. The highest BCUT2D eigenvalue weighted by atomic mass is 79.9. The fourth-order valence-corrected chi connectivity index (χ4v) is 2.57.